The van der Waals surface area contributed by atoms with Crippen LogP contribution < -0.4 is 24.2 Å². The number of rotatable bonds is 10. The van der Waals surface area contributed by atoms with Gasteiger partial charge in [0.15, 0.2) is 5.82 Å². The third kappa shape index (κ3) is 6.35. The number of aromatic nitrogens is 2. The molecule has 0 aliphatic carbocycles. The molecule has 34 heavy (non-hydrogen) atoms. The van der Waals surface area contributed by atoms with E-state index in [1.54, 1.807) is 24.3 Å². The number of nitrogens with zero attached hydrogens (tertiary/aromatic N) is 2. The van der Waals surface area contributed by atoms with E-state index in [-0.39, 0.29) is 34.6 Å². The fraction of sp³-hybridized carbons (Fsp3) is 0.261. The molecule has 3 aromatic rings. The number of benzene rings is 2. The maximum absolute atomic E-state index is 12.7. The van der Waals surface area contributed by atoms with Crippen LogP contribution in [0.3, 0.4) is 0 Å². The summed E-state index contributed by atoms with van der Waals surface area (Å²) in [7, 11) is -1.21. The van der Waals surface area contributed by atoms with Crippen molar-refractivity contribution in [2.45, 2.75) is 31.3 Å². The van der Waals surface area contributed by atoms with Gasteiger partial charge in [-0.1, -0.05) is 6.92 Å². The van der Waals surface area contributed by atoms with Crippen molar-refractivity contribution < 1.29 is 27.4 Å². The number of sulfonamides is 1. The Morgan fingerprint density at radius 2 is 1.68 bits per heavy atom. The van der Waals surface area contributed by atoms with Crippen LogP contribution in [-0.2, 0) is 10.0 Å². The van der Waals surface area contributed by atoms with E-state index in [9.17, 15) is 13.2 Å². The van der Waals surface area contributed by atoms with Crippen molar-refractivity contribution in [3.63, 3.8) is 0 Å². The third-order valence-electron chi connectivity index (χ3n) is 4.76. The molecule has 1 unspecified atom stereocenters. The highest BCUT2D eigenvalue weighted by Crippen LogP contribution is 2.22. The lowest BCUT2D eigenvalue weighted by atomic mass is 10.2. The fourth-order valence-corrected chi connectivity index (χ4v) is 3.76. The molecule has 1 amide bonds. The van der Waals surface area contributed by atoms with E-state index in [2.05, 4.69) is 20.0 Å². The van der Waals surface area contributed by atoms with E-state index >= 15 is 0 Å². The van der Waals surface area contributed by atoms with Crippen molar-refractivity contribution in [1.82, 2.24) is 9.97 Å². The molecule has 0 aliphatic heterocycles. The number of hydrogen-bond acceptors (Lipinski definition) is 8. The molecule has 0 aliphatic rings. The zero-order chi connectivity index (χ0) is 24.7. The van der Waals surface area contributed by atoms with Gasteiger partial charge >= 0.3 is 6.01 Å². The van der Waals surface area contributed by atoms with Gasteiger partial charge in [-0.3, -0.25) is 9.52 Å². The van der Waals surface area contributed by atoms with Crippen LogP contribution in [0.15, 0.2) is 59.5 Å². The van der Waals surface area contributed by atoms with E-state index in [0.29, 0.717) is 17.0 Å². The van der Waals surface area contributed by atoms with Crippen LogP contribution in [-0.4, -0.2) is 44.6 Å². The Morgan fingerprint density at radius 1 is 1.00 bits per heavy atom. The lowest BCUT2D eigenvalue weighted by molar-refractivity contribution is 0.102. The number of methoxy groups -OCH3 is 2. The van der Waals surface area contributed by atoms with Crippen LogP contribution in [0, 0.1) is 0 Å². The van der Waals surface area contributed by atoms with Crippen LogP contribution in [0.1, 0.15) is 30.6 Å². The Kier molecular flexibility index (Phi) is 7.90. The molecule has 3 rings (SSSR count). The molecule has 2 N–H and O–H groups in total. The molecule has 1 atom stereocenters. The normalized spacial score (nSPS) is 11.9. The Labute approximate surface area is 198 Å². The summed E-state index contributed by atoms with van der Waals surface area (Å²) in [6.07, 6.45) is 0.965. The van der Waals surface area contributed by atoms with Gasteiger partial charge in [-0.05, 0) is 61.9 Å². The maximum Gasteiger partial charge on any atom is 0.321 e. The van der Waals surface area contributed by atoms with Crippen molar-refractivity contribution in [3.05, 3.63) is 60.2 Å². The Balaban J connectivity index is 1.68. The second kappa shape index (κ2) is 10.8. The quantitative estimate of drug-likeness (QED) is 0.444. The summed E-state index contributed by atoms with van der Waals surface area (Å²) in [6.45, 7) is 4.00. The summed E-state index contributed by atoms with van der Waals surface area (Å²) in [5.41, 5.74) is 0.885. The van der Waals surface area contributed by atoms with Crippen LogP contribution in [0.5, 0.6) is 17.6 Å². The third-order valence-corrected chi connectivity index (χ3v) is 6.13. The van der Waals surface area contributed by atoms with Crippen molar-refractivity contribution in [2.75, 3.05) is 24.3 Å². The minimum atomic E-state index is -3.96. The average Bonchev–Trinajstić information content (AvgIpc) is 2.84. The molecule has 0 saturated carbocycles. The maximum atomic E-state index is 12.7. The predicted octanol–water partition coefficient (Wildman–Crippen LogP) is 3.72. The van der Waals surface area contributed by atoms with Gasteiger partial charge in [-0.2, -0.15) is 9.97 Å². The molecule has 0 saturated heterocycles. The largest absolute Gasteiger partial charge is 0.491 e. The number of amides is 1. The minimum absolute atomic E-state index is 0.0122. The van der Waals surface area contributed by atoms with E-state index < -0.39 is 10.0 Å². The average molecular weight is 487 g/mol. The summed E-state index contributed by atoms with van der Waals surface area (Å²) in [5.74, 6) is 0.486. The number of hydrogen-bond donors (Lipinski definition) is 2. The predicted molar refractivity (Wildman–Crippen MR) is 127 cm³/mol. The Bertz CT molecular complexity index is 1210. The highest BCUT2D eigenvalue weighted by Gasteiger charge is 2.17. The number of ether oxygens (including phenoxy) is 3. The summed E-state index contributed by atoms with van der Waals surface area (Å²) in [5, 5.41) is 2.74. The molecule has 180 valence electrons. The van der Waals surface area contributed by atoms with Gasteiger partial charge in [-0.25, -0.2) is 8.42 Å². The van der Waals surface area contributed by atoms with Gasteiger partial charge < -0.3 is 19.5 Å². The first-order chi connectivity index (χ1) is 16.2. The fourth-order valence-electron chi connectivity index (χ4n) is 2.77. The van der Waals surface area contributed by atoms with Gasteiger partial charge in [0.1, 0.15) is 5.75 Å². The van der Waals surface area contributed by atoms with Crippen molar-refractivity contribution in [3.8, 4) is 17.6 Å². The summed E-state index contributed by atoms with van der Waals surface area (Å²) in [6, 6.07) is 13.8. The standard InChI is InChI=1S/C23H26N4O6S/c1-5-15(2)33-18-10-6-16(7-11-18)22(28)24-17-8-12-19(13-9-17)34(29,30)27-20-14-21(31-3)26-23(25-20)32-4/h6-15H,5H2,1-4H3,(H,24,28)(H,25,26,27). The van der Waals surface area contributed by atoms with E-state index in [4.69, 9.17) is 14.2 Å². The molecule has 0 bridgehead atoms. The summed E-state index contributed by atoms with van der Waals surface area (Å²) < 4.78 is 43.5. The van der Waals surface area contributed by atoms with E-state index in [1.165, 1.54) is 44.6 Å². The van der Waals surface area contributed by atoms with Gasteiger partial charge in [0.05, 0.1) is 25.2 Å². The highest BCUT2D eigenvalue weighted by atomic mass is 32.2. The zero-order valence-electron chi connectivity index (χ0n) is 19.2. The molecular weight excluding hydrogens is 460 g/mol. The summed E-state index contributed by atoms with van der Waals surface area (Å²) >= 11 is 0. The smallest absolute Gasteiger partial charge is 0.321 e. The van der Waals surface area contributed by atoms with Gasteiger partial charge in [0.2, 0.25) is 5.88 Å². The first-order valence-electron chi connectivity index (χ1n) is 10.4. The van der Waals surface area contributed by atoms with Crippen molar-refractivity contribution in [1.29, 1.82) is 0 Å². The molecule has 11 heteroatoms. The van der Waals surface area contributed by atoms with E-state index in [1.807, 2.05) is 13.8 Å². The topological polar surface area (TPSA) is 129 Å². The van der Waals surface area contributed by atoms with Crippen LogP contribution in [0.2, 0.25) is 0 Å². The second-order valence-electron chi connectivity index (χ2n) is 7.23. The van der Waals surface area contributed by atoms with Gasteiger partial charge in [0.25, 0.3) is 15.9 Å². The molecule has 10 nitrogen and oxygen atoms in total. The number of carbonyl (C=O) groups excluding carboxylic acids is 1. The lowest BCUT2D eigenvalue weighted by Crippen LogP contribution is -2.15. The van der Waals surface area contributed by atoms with Crippen LogP contribution in [0.25, 0.3) is 0 Å². The number of nitrogens with one attached hydrogen (secondary N) is 2. The molecule has 0 radical (unpaired) electrons. The Hall–Kier alpha value is -3.86. The first-order valence-corrected chi connectivity index (χ1v) is 11.9. The number of carbonyl (C=O) groups is 1. The summed E-state index contributed by atoms with van der Waals surface area (Å²) in [4.78, 5) is 20.4. The molecule has 0 spiro atoms. The van der Waals surface area contributed by atoms with Crippen LogP contribution >= 0.6 is 0 Å². The molecular formula is C23H26N4O6S. The van der Waals surface area contributed by atoms with Crippen molar-refractivity contribution in [2.24, 2.45) is 0 Å². The van der Waals surface area contributed by atoms with Gasteiger partial charge in [-0.15, -0.1) is 0 Å². The monoisotopic (exact) mass is 486 g/mol. The SMILES string of the molecule is CCC(C)Oc1ccc(C(=O)Nc2ccc(S(=O)(=O)Nc3cc(OC)nc(OC)n3)cc2)cc1. The van der Waals surface area contributed by atoms with E-state index in [0.717, 1.165) is 6.42 Å². The van der Waals surface area contributed by atoms with Crippen molar-refractivity contribution >= 4 is 27.4 Å². The molecule has 1 heterocycles. The van der Waals surface area contributed by atoms with Gasteiger partial charge in [0, 0.05) is 17.3 Å². The minimum Gasteiger partial charge on any atom is -0.491 e. The number of anilines is 2. The lowest BCUT2D eigenvalue weighted by Gasteiger charge is -2.13. The zero-order valence-corrected chi connectivity index (χ0v) is 20.0. The molecule has 0 fully saturated rings. The molecule has 1 aromatic heterocycles. The highest BCUT2D eigenvalue weighted by molar-refractivity contribution is 7.92. The van der Waals surface area contributed by atoms with Crippen LogP contribution in [0.4, 0.5) is 11.5 Å². The second-order valence-corrected chi connectivity index (χ2v) is 8.91. The first kappa shape index (κ1) is 24.8. The molecule has 2 aromatic carbocycles. The Morgan fingerprint density at radius 3 is 2.26 bits per heavy atom.